The highest BCUT2D eigenvalue weighted by molar-refractivity contribution is 9.10. The number of hydrogen-bond donors (Lipinski definition) is 0. The van der Waals surface area contributed by atoms with Crippen LogP contribution in [0.5, 0.6) is 11.5 Å². The third-order valence-electron chi connectivity index (χ3n) is 4.68. The van der Waals surface area contributed by atoms with Gasteiger partial charge < -0.3 is 14.2 Å². The zero-order valence-corrected chi connectivity index (χ0v) is 22.1. The van der Waals surface area contributed by atoms with Crippen LogP contribution in [0, 0.1) is 0 Å². The van der Waals surface area contributed by atoms with Crippen molar-refractivity contribution >= 4 is 66.8 Å². The van der Waals surface area contributed by atoms with Crippen molar-refractivity contribution in [3.8, 4) is 11.5 Å². The second-order valence-electron chi connectivity index (χ2n) is 6.93. The Labute approximate surface area is 212 Å². The topological polar surface area (TPSA) is 82.1 Å². The molecule has 0 saturated carbocycles. The van der Waals surface area contributed by atoms with Gasteiger partial charge in [-0.05, 0) is 83.0 Å². The zero-order valence-electron chi connectivity index (χ0n) is 18.1. The van der Waals surface area contributed by atoms with Crippen LogP contribution in [0.25, 0.3) is 6.08 Å². The molecule has 0 bridgehead atoms. The molecule has 0 radical (unpaired) electrons. The predicted octanol–water partition coefficient (Wildman–Crippen LogP) is 5.79. The highest BCUT2D eigenvalue weighted by Crippen LogP contribution is 2.40. The Morgan fingerprint density at radius 2 is 1.85 bits per heavy atom. The number of hydrogen-bond acceptors (Lipinski definition) is 7. The normalized spacial score (nSPS) is 15.7. The van der Waals surface area contributed by atoms with Crippen LogP contribution in [0.4, 0.5) is 4.79 Å². The number of benzene rings is 2. The molecule has 0 unspecified atom stereocenters. The van der Waals surface area contributed by atoms with Crippen molar-refractivity contribution in [1.29, 1.82) is 0 Å². The molecule has 1 fully saturated rings. The number of ether oxygens (including phenoxy) is 3. The van der Waals surface area contributed by atoms with Crippen molar-refractivity contribution in [2.24, 2.45) is 0 Å². The number of thioether (sulfide) groups is 1. The highest BCUT2D eigenvalue weighted by atomic mass is 79.9. The molecule has 1 aliphatic rings. The van der Waals surface area contributed by atoms with E-state index in [0.717, 1.165) is 26.7 Å². The first kappa shape index (κ1) is 25.3. The van der Waals surface area contributed by atoms with Gasteiger partial charge in [0.05, 0.1) is 23.1 Å². The van der Waals surface area contributed by atoms with E-state index in [-0.39, 0.29) is 4.91 Å². The van der Waals surface area contributed by atoms with E-state index >= 15 is 0 Å². The number of halogens is 2. The van der Waals surface area contributed by atoms with Gasteiger partial charge in [0.25, 0.3) is 11.1 Å². The minimum absolute atomic E-state index is 0.202. The van der Waals surface area contributed by atoms with Gasteiger partial charge in [-0.2, -0.15) is 0 Å². The second-order valence-corrected chi connectivity index (χ2v) is 9.69. The molecule has 2 aromatic carbocycles. The van der Waals surface area contributed by atoms with Gasteiger partial charge in [0, 0.05) is 4.47 Å². The summed E-state index contributed by atoms with van der Waals surface area (Å²) in [6.45, 7) is 4.07. The molecular formula is C23H21Br2NO6S. The molecule has 2 aromatic rings. The number of esters is 1. The number of amides is 2. The van der Waals surface area contributed by atoms with Gasteiger partial charge in [0.15, 0.2) is 11.5 Å². The van der Waals surface area contributed by atoms with Crippen LogP contribution >= 0.6 is 43.6 Å². The van der Waals surface area contributed by atoms with Crippen molar-refractivity contribution in [1.82, 2.24) is 4.90 Å². The van der Waals surface area contributed by atoms with E-state index in [9.17, 15) is 14.4 Å². The first-order valence-corrected chi connectivity index (χ1v) is 12.3. The van der Waals surface area contributed by atoms with Crippen molar-refractivity contribution in [2.75, 3.05) is 13.7 Å². The van der Waals surface area contributed by atoms with Crippen molar-refractivity contribution in [2.45, 2.75) is 26.5 Å². The van der Waals surface area contributed by atoms with Crippen molar-refractivity contribution in [3.63, 3.8) is 0 Å². The lowest BCUT2D eigenvalue weighted by Crippen LogP contribution is -2.42. The predicted molar refractivity (Wildman–Crippen MR) is 133 cm³/mol. The van der Waals surface area contributed by atoms with Crippen LogP contribution < -0.4 is 9.47 Å². The lowest BCUT2D eigenvalue weighted by atomic mass is 10.1. The van der Waals surface area contributed by atoms with E-state index in [0.29, 0.717) is 34.7 Å². The molecule has 33 heavy (non-hydrogen) atoms. The molecule has 1 atom stereocenters. The molecule has 174 valence electrons. The first-order valence-electron chi connectivity index (χ1n) is 9.93. The maximum atomic E-state index is 12.8. The molecule has 10 heteroatoms. The van der Waals surface area contributed by atoms with E-state index in [1.165, 1.54) is 14.0 Å². The van der Waals surface area contributed by atoms with Gasteiger partial charge in [0.2, 0.25) is 0 Å². The third-order valence-corrected chi connectivity index (χ3v) is 6.68. The molecule has 7 nitrogen and oxygen atoms in total. The van der Waals surface area contributed by atoms with Gasteiger partial charge in [-0.25, -0.2) is 4.79 Å². The van der Waals surface area contributed by atoms with Gasteiger partial charge in [0.1, 0.15) is 12.6 Å². The summed E-state index contributed by atoms with van der Waals surface area (Å²) in [6, 6.07) is 10.3. The monoisotopic (exact) mass is 597 g/mol. The van der Waals surface area contributed by atoms with Crippen LogP contribution in [-0.2, 0) is 20.9 Å². The summed E-state index contributed by atoms with van der Waals surface area (Å²) in [7, 11) is 1.21. The number of nitrogens with zero attached hydrogens (tertiary/aromatic N) is 1. The van der Waals surface area contributed by atoms with Crippen LogP contribution in [0.1, 0.15) is 25.0 Å². The Kier molecular flexibility index (Phi) is 8.61. The van der Waals surface area contributed by atoms with Crippen molar-refractivity contribution < 1.29 is 28.6 Å². The fourth-order valence-corrected chi connectivity index (χ4v) is 4.80. The molecule has 0 aromatic heterocycles. The number of imide groups is 1. The molecule has 0 spiro atoms. The van der Waals surface area contributed by atoms with Crippen molar-refractivity contribution in [3.05, 3.63) is 61.4 Å². The molecule has 1 heterocycles. The molecular weight excluding hydrogens is 578 g/mol. The Hall–Kier alpha value is -2.30. The minimum atomic E-state index is -1.01. The molecule has 0 aliphatic carbocycles. The van der Waals surface area contributed by atoms with E-state index in [1.807, 2.05) is 31.2 Å². The Balaban J connectivity index is 1.86. The van der Waals surface area contributed by atoms with Gasteiger partial charge in [-0.3, -0.25) is 14.5 Å². The SMILES string of the molecule is CCOc1cc(/C=C2/SC(=O)N([C@H](C)C(=O)OC)C2=O)cc(Br)c1OCc1ccc(Br)cc1. The number of methoxy groups -OCH3 is 1. The maximum Gasteiger partial charge on any atom is 0.328 e. The van der Waals surface area contributed by atoms with E-state index in [1.54, 1.807) is 18.2 Å². The lowest BCUT2D eigenvalue weighted by molar-refractivity contribution is -0.148. The van der Waals surface area contributed by atoms with Crippen LogP contribution in [-0.4, -0.2) is 41.8 Å². The fraction of sp³-hybridized carbons (Fsp3) is 0.261. The summed E-state index contributed by atoms with van der Waals surface area (Å²) < 4.78 is 18.0. The van der Waals surface area contributed by atoms with E-state index in [2.05, 4.69) is 36.6 Å². The summed E-state index contributed by atoms with van der Waals surface area (Å²) >= 11 is 7.70. The lowest BCUT2D eigenvalue weighted by Gasteiger charge is -2.18. The summed E-state index contributed by atoms with van der Waals surface area (Å²) in [4.78, 5) is 38.0. The first-order chi connectivity index (χ1) is 15.7. The molecule has 0 N–H and O–H groups in total. The number of carbonyl (C=O) groups is 3. The standard InChI is InChI=1S/C23H21Br2NO6S/c1-4-31-18-10-15(9-17(25)20(18)32-12-14-5-7-16(24)8-6-14)11-19-21(27)26(23(29)33-19)13(2)22(28)30-3/h5-11,13H,4,12H2,1-3H3/b19-11+/t13-/m1/s1. The summed E-state index contributed by atoms with van der Waals surface area (Å²) in [5.41, 5.74) is 1.63. The zero-order chi connectivity index (χ0) is 24.1. The van der Waals surface area contributed by atoms with Gasteiger partial charge in [-0.15, -0.1) is 0 Å². The van der Waals surface area contributed by atoms with Gasteiger partial charge in [-0.1, -0.05) is 28.1 Å². The largest absolute Gasteiger partial charge is 0.490 e. The fourth-order valence-electron chi connectivity index (χ4n) is 3.05. The van der Waals surface area contributed by atoms with E-state index < -0.39 is 23.2 Å². The molecule has 1 saturated heterocycles. The highest BCUT2D eigenvalue weighted by Gasteiger charge is 2.41. The summed E-state index contributed by atoms with van der Waals surface area (Å²) in [5, 5.41) is -0.525. The average molecular weight is 599 g/mol. The molecule has 1 aliphatic heterocycles. The third kappa shape index (κ3) is 5.99. The van der Waals surface area contributed by atoms with Gasteiger partial charge >= 0.3 is 5.97 Å². The van der Waals surface area contributed by atoms with Crippen LogP contribution in [0.15, 0.2) is 50.2 Å². The van der Waals surface area contributed by atoms with E-state index in [4.69, 9.17) is 9.47 Å². The number of rotatable bonds is 8. The minimum Gasteiger partial charge on any atom is -0.490 e. The number of carbonyl (C=O) groups excluding carboxylic acids is 3. The second kappa shape index (κ2) is 11.2. The summed E-state index contributed by atoms with van der Waals surface area (Å²) in [5.74, 6) is -0.179. The Bertz CT molecular complexity index is 1100. The smallest absolute Gasteiger partial charge is 0.328 e. The quantitative estimate of drug-likeness (QED) is 0.281. The van der Waals surface area contributed by atoms with Crippen LogP contribution in [0.3, 0.4) is 0 Å². The average Bonchev–Trinajstić information content (AvgIpc) is 3.06. The summed E-state index contributed by atoms with van der Waals surface area (Å²) in [6.07, 6.45) is 1.58. The maximum absolute atomic E-state index is 12.8. The molecule has 2 amide bonds. The Morgan fingerprint density at radius 3 is 2.48 bits per heavy atom. The molecule has 3 rings (SSSR count). The Morgan fingerprint density at radius 1 is 1.15 bits per heavy atom. The van der Waals surface area contributed by atoms with Crippen LogP contribution in [0.2, 0.25) is 0 Å².